The molecule has 0 saturated heterocycles. The number of hydrogen-bond acceptors (Lipinski definition) is 4. The fourth-order valence-electron chi connectivity index (χ4n) is 6.44. The van der Waals surface area contributed by atoms with E-state index in [2.05, 4.69) is 76.3 Å². The zero-order valence-electron chi connectivity index (χ0n) is 25.7. The molecule has 0 aliphatic carbocycles. The molecule has 0 atom stereocenters. The van der Waals surface area contributed by atoms with E-state index >= 15 is 0 Å². The molecule has 0 aliphatic heterocycles. The Labute approximate surface area is 287 Å². The van der Waals surface area contributed by atoms with E-state index in [1.54, 1.807) is 10.9 Å². The van der Waals surface area contributed by atoms with Crippen molar-refractivity contribution < 1.29 is 0 Å². The highest BCUT2D eigenvalue weighted by Crippen LogP contribution is 2.40. The summed E-state index contributed by atoms with van der Waals surface area (Å²) in [6.45, 7) is 0.646. The summed E-state index contributed by atoms with van der Waals surface area (Å²) in [7, 11) is 0. The number of fused-ring (bicyclic) bond motifs is 1. The lowest BCUT2D eigenvalue weighted by atomic mass is 9.77. The van der Waals surface area contributed by atoms with E-state index in [-0.39, 0.29) is 0 Å². The van der Waals surface area contributed by atoms with Crippen molar-refractivity contribution in [1.29, 1.82) is 0 Å². The van der Waals surface area contributed by atoms with E-state index in [1.807, 2.05) is 85.2 Å². The molecular formula is C40H28Cl2N6. The maximum atomic E-state index is 6.30. The fourth-order valence-corrected chi connectivity index (χ4v) is 6.76. The van der Waals surface area contributed by atoms with Gasteiger partial charge in [-0.15, -0.1) is 15.0 Å². The highest BCUT2D eigenvalue weighted by atomic mass is 35.5. The molecule has 0 aliphatic rings. The lowest BCUT2D eigenvalue weighted by molar-refractivity contribution is 0.396. The Morgan fingerprint density at radius 3 is 1.73 bits per heavy atom. The summed E-state index contributed by atoms with van der Waals surface area (Å²) in [5.41, 5.74) is 8.09. The van der Waals surface area contributed by atoms with Crippen molar-refractivity contribution in [2.24, 2.45) is 0 Å². The predicted molar refractivity (Wildman–Crippen MR) is 192 cm³/mol. The summed E-state index contributed by atoms with van der Waals surface area (Å²) < 4.78 is 2.07. The van der Waals surface area contributed by atoms with Crippen molar-refractivity contribution in [3.8, 4) is 22.5 Å². The summed E-state index contributed by atoms with van der Waals surface area (Å²) in [5, 5.41) is 15.6. The van der Waals surface area contributed by atoms with Gasteiger partial charge in [-0.1, -0.05) is 163 Å². The molecule has 232 valence electrons. The SMILES string of the molecule is Clc1cc2ncn(Cc3ccc(-c4ccccc4-c4nnn(C(c5ccccc5)(c5ccccc5)c5ccccc5)n4)cc3)c2cc1Cl. The number of nitrogens with zero attached hydrogens (tertiary/aromatic N) is 6. The van der Waals surface area contributed by atoms with Gasteiger partial charge in [0.25, 0.3) is 0 Å². The van der Waals surface area contributed by atoms with Crippen molar-refractivity contribution >= 4 is 34.2 Å². The molecule has 0 N–H and O–H groups in total. The first-order chi connectivity index (χ1) is 23.6. The van der Waals surface area contributed by atoms with E-state index < -0.39 is 5.54 Å². The van der Waals surface area contributed by atoms with Crippen LogP contribution in [0.1, 0.15) is 22.3 Å². The van der Waals surface area contributed by atoms with Gasteiger partial charge in [0, 0.05) is 12.1 Å². The molecule has 0 unspecified atom stereocenters. The minimum Gasteiger partial charge on any atom is -0.326 e. The van der Waals surface area contributed by atoms with Gasteiger partial charge < -0.3 is 4.57 Å². The van der Waals surface area contributed by atoms with E-state index in [0.717, 1.165) is 50.0 Å². The van der Waals surface area contributed by atoms with Crippen LogP contribution in [0.25, 0.3) is 33.5 Å². The Kier molecular flexibility index (Phi) is 7.81. The van der Waals surface area contributed by atoms with Gasteiger partial charge in [-0.3, -0.25) is 0 Å². The van der Waals surface area contributed by atoms with Gasteiger partial charge in [0.05, 0.1) is 27.4 Å². The molecule has 48 heavy (non-hydrogen) atoms. The fraction of sp³-hybridized carbons (Fsp3) is 0.0500. The maximum Gasteiger partial charge on any atom is 0.205 e. The third kappa shape index (κ3) is 5.25. The third-order valence-electron chi connectivity index (χ3n) is 8.74. The lowest BCUT2D eigenvalue weighted by Gasteiger charge is -2.34. The first kappa shape index (κ1) is 29.8. The van der Waals surface area contributed by atoms with Gasteiger partial charge in [-0.25, -0.2) is 4.98 Å². The second-order valence-corrected chi connectivity index (χ2v) is 12.4. The van der Waals surface area contributed by atoms with Crippen LogP contribution in [0.5, 0.6) is 0 Å². The van der Waals surface area contributed by atoms with Gasteiger partial charge in [-0.2, -0.15) is 0 Å². The number of imidazole rings is 1. The number of rotatable bonds is 8. The molecule has 8 heteroatoms. The molecule has 8 aromatic rings. The van der Waals surface area contributed by atoms with Gasteiger partial charge >= 0.3 is 0 Å². The Hall–Kier alpha value is -5.56. The topological polar surface area (TPSA) is 61.4 Å². The number of benzene rings is 6. The Bertz CT molecular complexity index is 2240. The van der Waals surface area contributed by atoms with Crippen LogP contribution in [0.2, 0.25) is 10.0 Å². The number of hydrogen-bond donors (Lipinski definition) is 0. The average molecular weight is 664 g/mol. The van der Waals surface area contributed by atoms with Crippen molar-refractivity contribution in [2.75, 3.05) is 0 Å². The van der Waals surface area contributed by atoms with Crippen molar-refractivity contribution in [2.45, 2.75) is 12.1 Å². The van der Waals surface area contributed by atoms with Crippen LogP contribution in [0, 0.1) is 0 Å². The zero-order valence-corrected chi connectivity index (χ0v) is 27.2. The smallest absolute Gasteiger partial charge is 0.205 e. The van der Waals surface area contributed by atoms with Gasteiger partial charge in [0.1, 0.15) is 0 Å². The van der Waals surface area contributed by atoms with Crippen LogP contribution in [-0.2, 0) is 12.1 Å². The summed E-state index contributed by atoms with van der Waals surface area (Å²) in [4.78, 5) is 6.26. The van der Waals surface area contributed by atoms with E-state index in [9.17, 15) is 0 Å². The standard InChI is InChI=1S/C40H28Cl2N6/c41-35-24-37-38(25-36(35)42)47(27-43-37)26-28-20-22-29(23-21-28)33-18-10-11-19-34(33)39-44-46-48(45-39)40(30-12-4-1-5-13-30,31-14-6-2-7-15-31)32-16-8-3-9-17-32/h1-25,27H,26H2. The minimum atomic E-state index is -0.849. The predicted octanol–water partition coefficient (Wildman–Crippen LogP) is 9.55. The molecule has 0 fully saturated rings. The number of aromatic nitrogens is 6. The van der Waals surface area contributed by atoms with Crippen molar-refractivity contribution in [3.05, 3.63) is 190 Å². The second kappa shape index (κ2) is 12.6. The first-order valence-electron chi connectivity index (χ1n) is 15.6. The monoisotopic (exact) mass is 662 g/mol. The minimum absolute atomic E-state index is 0.498. The van der Waals surface area contributed by atoms with E-state index in [0.29, 0.717) is 22.4 Å². The Balaban J connectivity index is 1.18. The highest BCUT2D eigenvalue weighted by molar-refractivity contribution is 6.42. The normalized spacial score (nSPS) is 11.6. The van der Waals surface area contributed by atoms with Crippen LogP contribution < -0.4 is 0 Å². The van der Waals surface area contributed by atoms with E-state index in [4.69, 9.17) is 38.6 Å². The van der Waals surface area contributed by atoms with Crippen LogP contribution >= 0.6 is 23.2 Å². The highest BCUT2D eigenvalue weighted by Gasteiger charge is 2.41. The quantitative estimate of drug-likeness (QED) is 0.152. The van der Waals surface area contributed by atoms with E-state index in [1.165, 1.54) is 0 Å². The zero-order chi connectivity index (χ0) is 32.5. The molecule has 0 amide bonds. The average Bonchev–Trinajstić information content (AvgIpc) is 3.78. The molecule has 0 bridgehead atoms. The van der Waals surface area contributed by atoms with Crippen molar-refractivity contribution in [3.63, 3.8) is 0 Å². The molecule has 8 rings (SSSR count). The molecular weight excluding hydrogens is 635 g/mol. The molecule has 2 aromatic heterocycles. The molecule has 2 heterocycles. The largest absolute Gasteiger partial charge is 0.326 e. The summed E-state index contributed by atoms with van der Waals surface area (Å²) in [6.07, 6.45) is 1.82. The number of halogens is 2. The maximum absolute atomic E-state index is 6.30. The summed E-state index contributed by atoms with van der Waals surface area (Å²) in [5.74, 6) is 0.544. The van der Waals surface area contributed by atoms with Gasteiger partial charge in [0.15, 0.2) is 5.54 Å². The second-order valence-electron chi connectivity index (χ2n) is 11.6. The Morgan fingerprint density at radius 1 is 0.583 bits per heavy atom. The van der Waals surface area contributed by atoms with Crippen LogP contribution in [0.3, 0.4) is 0 Å². The van der Waals surface area contributed by atoms with Crippen LogP contribution in [0.4, 0.5) is 0 Å². The lowest BCUT2D eigenvalue weighted by Crippen LogP contribution is -2.39. The van der Waals surface area contributed by atoms with Gasteiger partial charge in [-0.05, 0) is 50.7 Å². The van der Waals surface area contributed by atoms with Crippen molar-refractivity contribution in [1.82, 2.24) is 29.8 Å². The molecule has 0 saturated carbocycles. The van der Waals surface area contributed by atoms with Crippen LogP contribution in [-0.4, -0.2) is 29.8 Å². The summed E-state index contributed by atoms with van der Waals surface area (Å²) >= 11 is 12.5. The number of tetrazole rings is 1. The third-order valence-corrected chi connectivity index (χ3v) is 9.46. The summed E-state index contributed by atoms with van der Waals surface area (Å²) in [6, 6.07) is 51.4. The molecule has 6 nitrogen and oxygen atoms in total. The van der Waals surface area contributed by atoms with Crippen LogP contribution in [0.15, 0.2) is 158 Å². The van der Waals surface area contributed by atoms with Gasteiger partial charge in [0.2, 0.25) is 5.82 Å². The molecule has 6 aromatic carbocycles. The Morgan fingerprint density at radius 2 is 1.12 bits per heavy atom. The molecule has 0 radical (unpaired) electrons. The first-order valence-corrected chi connectivity index (χ1v) is 16.3. The molecule has 0 spiro atoms.